The molecule has 4 aromatic carbocycles. The van der Waals surface area contributed by atoms with Gasteiger partial charge in [0.15, 0.2) is 0 Å². The van der Waals surface area contributed by atoms with Gasteiger partial charge in [-0.2, -0.15) is 0 Å². The summed E-state index contributed by atoms with van der Waals surface area (Å²) in [5.41, 5.74) is 0.116. The summed E-state index contributed by atoms with van der Waals surface area (Å²) in [6, 6.07) is -2.10. The molecule has 0 aliphatic rings. The van der Waals surface area contributed by atoms with Crippen molar-refractivity contribution in [2.75, 3.05) is 0 Å². The van der Waals surface area contributed by atoms with Gasteiger partial charge in [0, 0.05) is 16.9 Å². The lowest BCUT2D eigenvalue weighted by molar-refractivity contribution is 1.44. The highest BCUT2D eigenvalue weighted by molar-refractivity contribution is 6.31. The Morgan fingerprint density at radius 3 is 2.25 bits per heavy atom. The maximum absolute atomic E-state index is 8.48. The number of benzene rings is 4. The molecule has 0 unspecified atom stereocenters. The van der Waals surface area contributed by atoms with Gasteiger partial charge in [-0.05, 0) is 33.0 Å². The third-order valence-electron chi connectivity index (χ3n) is 3.52. The van der Waals surface area contributed by atoms with E-state index in [1.807, 2.05) is 0 Å². The lowest BCUT2D eigenvalue weighted by Crippen LogP contribution is -1.88. The summed E-state index contributed by atoms with van der Waals surface area (Å²) in [5, 5.41) is 0.619. The Balaban J connectivity index is 2.37. The van der Waals surface area contributed by atoms with Crippen molar-refractivity contribution < 1.29 is 13.7 Å². The van der Waals surface area contributed by atoms with Crippen molar-refractivity contribution in [3.63, 3.8) is 0 Å². The molecule has 0 N–H and O–H groups in total. The van der Waals surface area contributed by atoms with Crippen molar-refractivity contribution in [3.05, 3.63) is 66.6 Å². The van der Waals surface area contributed by atoms with Crippen LogP contribution in [0.2, 0.25) is 0 Å². The second-order valence-corrected chi connectivity index (χ2v) is 4.52. The second-order valence-electron chi connectivity index (χ2n) is 4.52. The second kappa shape index (κ2) is 3.45. The lowest BCUT2D eigenvalue weighted by atomic mass is 9.92. The predicted octanol–water partition coefficient (Wildman–Crippen LogP) is 5.13. The van der Waals surface area contributed by atoms with Crippen LogP contribution in [0.4, 0.5) is 0 Å². The Labute approximate surface area is 129 Å². The molecule has 5 rings (SSSR count). The van der Waals surface area contributed by atoms with Gasteiger partial charge in [0.05, 0.1) is 19.2 Å². The first-order valence-electron chi connectivity index (χ1n) is 11.0. The van der Waals surface area contributed by atoms with Gasteiger partial charge in [0.2, 0.25) is 0 Å². The van der Waals surface area contributed by atoms with Crippen molar-refractivity contribution in [3.8, 4) is 0 Å². The van der Waals surface area contributed by atoms with Crippen LogP contribution in [0.1, 0.15) is 13.7 Å². The first-order valence-corrected chi connectivity index (χ1v) is 6.02. The van der Waals surface area contributed by atoms with E-state index in [9.17, 15) is 0 Å². The summed E-state index contributed by atoms with van der Waals surface area (Å²) in [4.78, 5) is 4.16. The van der Waals surface area contributed by atoms with Crippen LogP contribution in [0.3, 0.4) is 0 Å². The van der Waals surface area contributed by atoms with Crippen LogP contribution in [-0.2, 0) is 0 Å². The Hall–Kier alpha value is -2.67. The lowest BCUT2D eigenvalue weighted by Gasteiger charge is -2.12. The standard InChI is InChI=1S/C19H11N/c1-4-12-5-3-9-16-17(12)14(7-1)15-8-2-6-13-10-11-20-19(16)18(13)15/h1-11H/i1D,2D,3D,4D,5D,6D,7D,8D,10D,11D. The Bertz CT molecular complexity index is 1470. The molecule has 0 atom stereocenters. The van der Waals surface area contributed by atoms with E-state index < -0.39 is 30.3 Å². The first-order chi connectivity index (χ1) is 14.1. The molecule has 0 radical (unpaired) electrons. The zero-order chi connectivity index (χ0) is 21.8. The number of hydrogen-bond donors (Lipinski definition) is 0. The topological polar surface area (TPSA) is 12.9 Å². The zero-order valence-corrected chi connectivity index (χ0v) is 10.0. The number of nitrogens with zero attached hydrogens (tertiary/aromatic N) is 1. The highest BCUT2D eigenvalue weighted by Gasteiger charge is 2.12. The minimum absolute atomic E-state index is 0.0311. The molecule has 0 saturated heterocycles. The predicted molar refractivity (Wildman–Crippen MR) is 85.4 cm³/mol. The molecular formula is C19H11N. The van der Waals surface area contributed by atoms with Gasteiger partial charge in [-0.25, -0.2) is 0 Å². The van der Waals surface area contributed by atoms with E-state index in [4.69, 9.17) is 13.7 Å². The Kier molecular flexibility index (Phi) is 0.813. The Morgan fingerprint density at radius 2 is 1.40 bits per heavy atom. The summed E-state index contributed by atoms with van der Waals surface area (Å²) >= 11 is 0. The van der Waals surface area contributed by atoms with Gasteiger partial charge in [-0.3, -0.25) is 4.98 Å². The molecule has 0 bridgehead atoms. The molecule has 0 amide bonds. The van der Waals surface area contributed by atoms with E-state index in [0.717, 1.165) is 0 Å². The van der Waals surface area contributed by atoms with E-state index in [1.54, 1.807) is 0 Å². The van der Waals surface area contributed by atoms with Gasteiger partial charge < -0.3 is 0 Å². The van der Waals surface area contributed by atoms with Gasteiger partial charge in [0.25, 0.3) is 0 Å². The van der Waals surface area contributed by atoms with Crippen molar-refractivity contribution in [1.82, 2.24) is 4.98 Å². The minimum atomic E-state index is -0.483. The van der Waals surface area contributed by atoms with E-state index >= 15 is 0 Å². The SMILES string of the molecule is [2H]c1cc2c3nc([2H])c([2H])c4c([2H])c([2H])c([2H])c(c5c([2H])c([2H])c([2H])c(c1[2H])c25)c43. The van der Waals surface area contributed by atoms with Gasteiger partial charge >= 0.3 is 0 Å². The number of hydrogen-bond acceptors (Lipinski definition) is 1. The maximum Gasteiger partial charge on any atom is 0.0840 e. The van der Waals surface area contributed by atoms with E-state index in [-0.39, 0.29) is 73.4 Å². The molecule has 1 aromatic heterocycles. The molecule has 1 heterocycles. The Morgan fingerprint density at radius 1 is 0.700 bits per heavy atom. The summed E-state index contributed by atoms with van der Waals surface area (Å²) in [6.07, 6.45) is -0.443. The first kappa shape index (κ1) is 4.71. The smallest absolute Gasteiger partial charge is 0.0840 e. The van der Waals surface area contributed by atoms with Gasteiger partial charge in [-0.15, -0.1) is 0 Å². The number of aromatic nitrogens is 1. The summed E-state index contributed by atoms with van der Waals surface area (Å²) in [5.74, 6) is 0. The minimum Gasteiger partial charge on any atom is -0.256 e. The molecule has 0 fully saturated rings. The molecule has 0 aliphatic heterocycles. The highest BCUT2D eigenvalue weighted by atomic mass is 14.6. The van der Waals surface area contributed by atoms with Crippen molar-refractivity contribution in [2.24, 2.45) is 0 Å². The van der Waals surface area contributed by atoms with Crippen LogP contribution in [-0.4, -0.2) is 4.98 Å². The fourth-order valence-corrected chi connectivity index (χ4v) is 2.71. The van der Waals surface area contributed by atoms with Crippen LogP contribution >= 0.6 is 0 Å². The molecule has 1 nitrogen and oxygen atoms in total. The van der Waals surface area contributed by atoms with Crippen molar-refractivity contribution in [2.45, 2.75) is 0 Å². The van der Waals surface area contributed by atoms with Crippen LogP contribution in [0, 0.1) is 0 Å². The zero-order valence-electron chi connectivity index (χ0n) is 20.0. The fraction of sp³-hybridized carbons (Fsp3) is 0. The van der Waals surface area contributed by atoms with Crippen molar-refractivity contribution >= 4 is 43.2 Å². The van der Waals surface area contributed by atoms with Crippen LogP contribution < -0.4 is 0 Å². The van der Waals surface area contributed by atoms with Crippen LogP contribution in [0.15, 0.2) is 66.6 Å². The molecule has 0 spiro atoms. The van der Waals surface area contributed by atoms with Crippen LogP contribution in [0.25, 0.3) is 43.2 Å². The number of pyridine rings is 1. The maximum atomic E-state index is 8.48. The van der Waals surface area contributed by atoms with Gasteiger partial charge in [-0.1, -0.05) is 54.4 Å². The third kappa shape index (κ3) is 1.11. The van der Waals surface area contributed by atoms with Crippen LogP contribution in [0.5, 0.6) is 0 Å². The fourth-order valence-electron chi connectivity index (χ4n) is 2.71. The quantitative estimate of drug-likeness (QED) is 0.279. The molecule has 1 heteroatoms. The van der Waals surface area contributed by atoms with E-state index in [1.165, 1.54) is 6.07 Å². The monoisotopic (exact) mass is 263 g/mol. The normalized spacial score (nSPS) is 19.0. The average molecular weight is 263 g/mol. The molecule has 92 valence electrons. The largest absolute Gasteiger partial charge is 0.256 e. The average Bonchev–Trinajstić information content (AvgIpc) is 2.70. The highest BCUT2D eigenvalue weighted by Crippen LogP contribution is 2.38. The molecular weight excluding hydrogens is 242 g/mol. The molecule has 5 aromatic rings. The molecule has 20 heavy (non-hydrogen) atoms. The summed E-state index contributed by atoms with van der Waals surface area (Å²) in [7, 11) is 0. The molecule has 0 saturated carbocycles. The number of rotatable bonds is 0. The summed E-state index contributed by atoms with van der Waals surface area (Å²) < 4.78 is 82.6. The third-order valence-corrected chi connectivity index (χ3v) is 3.52. The number of fused-ring (bicyclic) bond motifs is 2. The van der Waals surface area contributed by atoms with E-state index in [2.05, 4.69) is 4.98 Å². The summed E-state index contributed by atoms with van der Waals surface area (Å²) in [6.45, 7) is 0. The van der Waals surface area contributed by atoms with Crippen molar-refractivity contribution in [1.29, 1.82) is 0 Å². The van der Waals surface area contributed by atoms with Gasteiger partial charge in [0.1, 0.15) is 0 Å². The van der Waals surface area contributed by atoms with E-state index in [0.29, 0.717) is 0 Å². The molecule has 0 aliphatic carbocycles.